The summed E-state index contributed by atoms with van der Waals surface area (Å²) in [5.41, 5.74) is 2.61. The number of aryl methyl sites for hydroxylation is 2. The van der Waals surface area contributed by atoms with Crippen LogP contribution in [0.15, 0.2) is 33.7 Å². The van der Waals surface area contributed by atoms with E-state index in [4.69, 9.17) is 0 Å². The molecule has 0 bridgehead atoms. The fourth-order valence-electron chi connectivity index (χ4n) is 2.41. The number of pyridine rings is 1. The Morgan fingerprint density at radius 1 is 1.39 bits per heavy atom. The molecule has 0 aliphatic carbocycles. The fourth-order valence-corrected chi connectivity index (χ4v) is 2.64. The summed E-state index contributed by atoms with van der Waals surface area (Å²) in [7, 11) is 0. The smallest absolute Gasteiger partial charge is 0.266 e. The number of fused-ring (bicyclic) bond motifs is 1. The van der Waals surface area contributed by atoms with Crippen LogP contribution in [0.1, 0.15) is 17.0 Å². The summed E-state index contributed by atoms with van der Waals surface area (Å²) in [5, 5.41) is 5.42. The summed E-state index contributed by atoms with van der Waals surface area (Å²) < 4.78 is 2.43. The highest BCUT2D eigenvalue weighted by molar-refractivity contribution is 9.10. The molecule has 0 aliphatic heterocycles. The third kappa shape index (κ3) is 3.16. The van der Waals surface area contributed by atoms with E-state index < -0.39 is 0 Å². The van der Waals surface area contributed by atoms with E-state index in [1.165, 1.54) is 6.07 Å². The van der Waals surface area contributed by atoms with Crippen LogP contribution in [0.4, 0.5) is 5.82 Å². The minimum absolute atomic E-state index is 0.151. The quantitative estimate of drug-likeness (QED) is 0.731. The number of carbonyl (C=O) groups is 1. The number of hydrogen-bond acceptors (Lipinski definition) is 4. The Hall–Kier alpha value is -2.48. The highest BCUT2D eigenvalue weighted by atomic mass is 79.9. The van der Waals surface area contributed by atoms with Gasteiger partial charge >= 0.3 is 0 Å². The number of aromatic nitrogens is 4. The Bertz CT molecular complexity index is 943. The summed E-state index contributed by atoms with van der Waals surface area (Å²) in [6.45, 7) is 3.67. The molecule has 0 fully saturated rings. The first kappa shape index (κ1) is 15.4. The standard InChI is InChI=1S/C15H14BrN5O2/c1-8-11(9(2)21-13(18-8)6-15(23)20-21)5-14(22)19-12-4-3-10(16)7-17-12/h3-4,6-7H,5H2,1-2H3,(H,20,23)(H,17,19,22). The minimum atomic E-state index is -0.222. The van der Waals surface area contributed by atoms with Crippen molar-refractivity contribution >= 4 is 33.3 Å². The van der Waals surface area contributed by atoms with Crippen LogP contribution in [0, 0.1) is 13.8 Å². The van der Waals surface area contributed by atoms with E-state index in [2.05, 4.69) is 36.3 Å². The van der Waals surface area contributed by atoms with Gasteiger partial charge in [0.05, 0.1) is 6.42 Å². The third-order valence-electron chi connectivity index (χ3n) is 3.53. The number of H-pyrrole nitrogens is 1. The summed E-state index contributed by atoms with van der Waals surface area (Å²) >= 11 is 3.29. The van der Waals surface area contributed by atoms with Gasteiger partial charge in [-0.1, -0.05) is 0 Å². The number of rotatable bonds is 3. The second-order valence-corrected chi connectivity index (χ2v) is 6.08. The number of nitrogens with zero attached hydrogens (tertiary/aromatic N) is 3. The SMILES string of the molecule is Cc1nc2cc(=O)[nH]n2c(C)c1CC(=O)Nc1ccc(Br)cn1. The number of nitrogens with one attached hydrogen (secondary N) is 2. The second kappa shape index (κ2) is 5.96. The number of anilines is 1. The molecule has 0 atom stereocenters. The number of halogens is 1. The van der Waals surface area contributed by atoms with Crippen molar-refractivity contribution in [3.8, 4) is 0 Å². The van der Waals surface area contributed by atoms with E-state index in [1.54, 1.807) is 22.8 Å². The van der Waals surface area contributed by atoms with E-state index >= 15 is 0 Å². The summed E-state index contributed by atoms with van der Waals surface area (Å²) in [6.07, 6.45) is 1.77. The van der Waals surface area contributed by atoms with E-state index in [0.717, 1.165) is 21.4 Å². The average molecular weight is 376 g/mol. The molecular formula is C15H14BrN5O2. The first-order chi connectivity index (χ1) is 10.9. The van der Waals surface area contributed by atoms with Gasteiger partial charge in [-0.05, 0) is 41.9 Å². The van der Waals surface area contributed by atoms with Crippen molar-refractivity contribution in [3.63, 3.8) is 0 Å². The zero-order valence-corrected chi connectivity index (χ0v) is 14.1. The summed E-state index contributed by atoms with van der Waals surface area (Å²) in [6, 6.07) is 4.94. The van der Waals surface area contributed by atoms with Crippen LogP contribution in [0.2, 0.25) is 0 Å². The monoisotopic (exact) mass is 375 g/mol. The van der Waals surface area contributed by atoms with Crippen molar-refractivity contribution in [2.45, 2.75) is 20.3 Å². The van der Waals surface area contributed by atoms with Gasteiger partial charge < -0.3 is 5.32 Å². The molecule has 3 aromatic rings. The zero-order chi connectivity index (χ0) is 16.6. The Kier molecular flexibility index (Phi) is 3.99. The highest BCUT2D eigenvalue weighted by Crippen LogP contribution is 2.15. The highest BCUT2D eigenvalue weighted by Gasteiger charge is 2.14. The first-order valence-electron chi connectivity index (χ1n) is 6.93. The molecule has 118 valence electrons. The van der Waals surface area contributed by atoms with Gasteiger partial charge in [-0.3, -0.25) is 14.7 Å². The summed E-state index contributed by atoms with van der Waals surface area (Å²) in [4.78, 5) is 32.2. The first-order valence-corrected chi connectivity index (χ1v) is 7.72. The number of carbonyl (C=O) groups excluding carboxylic acids is 1. The average Bonchev–Trinajstić information content (AvgIpc) is 2.86. The lowest BCUT2D eigenvalue weighted by Gasteiger charge is -2.11. The molecule has 3 heterocycles. The maximum atomic E-state index is 12.2. The van der Waals surface area contributed by atoms with Gasteiger partial charge in [0.2, 0.25) is 5.91 Å². The van der Waals surface area contributed by atoms with Crippen LogP contribution in [0.25, 0.3) is 5.65 Å². The topological polar surface area (TPSA) is 92.1 Å². The van der Waals surface area contributed by atoms with E-state index in [0.29, 0.717) is 11.5 Å². The molecule has 23 heavy (non-hydrogen) atoms. The third-order valence-corrected chi connectivity index (χ3v) is 4.00. The largest absolute Gasteiger partial charge is 0.310 e. The van der Waals surface area contributed by atoms with Crippen LogP contribution >= 0.6 is 15.9 Å². The zero-order valence-electron chi connectivity index (χ0n) is 12.6. The van der Waals surface area contributed by atoms with Crippen molar-refractivity contribution < 1.29 is 4.79 Å². The van der Waals surface area contributed by atoms with Crippen molar-refractivity contribution in [3.05, 3.63) is 56.2 Å². The van der Waals surface area contributed by atoms with Crippen molar-refractivity contribution in [2.24, 2.45) is 0 Å². The molecule has 0 aliphatic rings. The van der Waals surface area contributed by atoms with Crippen LogP contribution in [-0.4, -0.2) is 25.5 Å². The molecule has 0 saturated heterocycles. The molecule has 7 nitrogen and oxygen atoms in total. The lowest BCUT2D eigenvalue weighted by atomic mass is 10.1. The fraction of sp³-hybridized carbons (Fsp3) is 0.200. The number of aromatic amines is 1. The molecule has 0 spiro atoms. The molecule has 0 unspecified atom stereocenters. The van der Waals surface area contributed by atoms with E-state index in [1.807, 2.05) is 13.8 Å². The maximum absolute atomic E-state index is 12.2. The number of amides is 1. The molecule has 2 N–H and O–H groups in total. The second-order valence-electron chi connectivity index (χ2n) is 5.16. The Morgan fingerprint density at radius 3 is 2.87 bits per heavy atom. The molecule has 8 heteroatoms. The van der Waals surface area contributed by atoms with Gasteiger partial charge in [-0.15, -0.1) is 0 Å². The van der Waals surface area contributed by atoms with Gasteiger partial charge in [-0.25, -0.2) is 14.5 Å². The molecule has 1 amide bonds. The lowest BCUT2D eigenvalue weighted by Crippen LogP contribution is -2.18. The molecular weight excluding hydrogens is 362 g/mol. The van der Waals surface area contributed by atoms with Crippen molar-refractivity contribution in [1.29, 1.82) is 0 Å². The van der Waals surface area contributed by atoms with Crippen LogP contribution in [0.3, 0.4) is 0 Å². The minimum Gasteiger partial charge on any atom is -0.310 e. The van der Waals surface area contributed by atoms with Crippen LogP contribution in [-0.2, 0) is 11.2 Å². The van der Waals surface area contributed by atoms with Gasteiger partial charge in [0.1, 0.15) is 5.82 Å². The maximum Gasteiger partial charge on any atom is 0.266 e. The van der Waals surface area contributed by atoms with Crippen molar-refractivity contribution in [1.82, 2.24) is 19.6 Å². The molecule has 3 aromatic heterocycles. The molecule has 3 rings (SSSR count). The Morgan fingerprint density at radius 2 is 2.17 bits per heavy atom. The van der Waals surface area contributed by atoms with Gasteiger partial charge in [0.25, 0.3) is 5.56 Å². The Balaban J connectivity index is 1.87. The number of hydrogen-bond donors (Lipinski definition) is 2. The van der Waals surface area contributed by atoms with Gasteiger partial charge in [0.15, 0.2) is 5.65 Å². The molecule has 0 aromatic carbocycles. The van der Waals surface area contributed by atoms with Gasteiger partial charge in [0, 0.05) is 33.7 Å². The van der Waals surface area contributed by atoms with E-state index in [9.17, 15) is 9.59 Å². The van der Waals surface area contributed by atoms with Crippen LogP contribution in [0.5, 0.6) is 0 Å². The van der Waals surface area contributed by atoms with Crippen molar-refractivity contribution in [2.75, 3.05) is 5.32 Å². The van der Waals surface area contributed by atoms with Gasteiger partial charge in [-0.2, -0.15) is 0 Å². The van der Waals surface area contributed by atoms with E-state index in [-0.39, 0.29) is 17.9 Å². The normalized spacial score (nSPS) is 10.9. The summed E-state index contributed by atoms with van der Waals surface area (Å²) in [5.74, 6) is 0.290. The predicted molar refractivity (Wildman–Crippen MR) is 89.6 cm³/mol. The molecule has 0 saturated carbocycles. The van der Waals surface area contributed by atoms with Crippen LogP contribution < -0.4 is 10.9 Å². The molecule has 0 radical (unpaired) electrons. The lowest BCUT2D eigenvalue weighted by molar-refractivity contribution is -0.115. The Labute approximate surface area is 139 Å². The predicted octanol–water partition coefficient (Wildman–Crippen LogP) is 1.98.